The first-order valence-corrected chi connectivity index (χ1v) is 8.97. The lowest BCUT2D eigenvalue weighted by Gasteiger charge is -2.37. The Morgan fingerprint density at radius 2 is 1.58 bits per heavy atom. The monoisotopic (exact) mass is 266 g/mol. The van der Waals surface area contributed by atoms with Crippen molar-refractivity contribution in [3.63, 3.8) is 0 Å². The van der Waals surface area contributed by atoms with Crippen LogP contribution in [0.5, 0.6) is 0 Å². The van der Waals surface area contributed by atoms with Gasteiger partial charge in [0.25, 0.3) is 0 Å². The van der Waals surface area contributed by atoms with E-state index in [-0.39, 0.29) is 0 Å². The molecule has 0 heterocycles. The van der Waals surface area contributed by atoms with Crippen LogP contribution in [0.1, 0.15) is 98.8 Å². The van der Waals surface area contributed by atoms with Crippen LogP contribution in [0.3, 0.4) is 0 Å². The molecule has 0 N–H and O–H groups in total. The second-order valence-electron chi connectivity index (χ2n) is 8.08. The van der Waals surface area contributed by atoms with Gasteiger partial charge in [0.05, 0.1) is 0 Å². The molecule has 0 saturated heterocycles. The SMILES string of the molecule is CCCC(CC)CCCC1CCC(C(C)(C)C)CC1. The summed E-state index contributed by atoms with van der Waals surface area (Å²) in [5.41, 5.74) is 0.541. The molecule has 0 radical (unpaired) electrons. The molecule has 0 aromatic carbocycles. The van der Waals surface area contributed by atoms with Crippen LogP contribution in [0.4, 0.5) is 0 Å². The molecule has 0 heteroatoms. The molecule has 1 rings (SSSR count). The molecule has 0 aromatic rings. The van der Waals surface area contributed by atoms with E-state index in [0.717, 1.165) is 17.8 Å². The van der Waals surface area contributed by atoms with Crippen molar-refractivity contribution in [2.75, 3.05) is 0 Å². The molecule has 1 atom stereocenters. The first kappa shape index (κ1) is 17.1. The molecule has 0 nitrogen and oxygen atoms in total. The van der Waals surface area contributed by atoms with E-state index in [1.165, 1.54) is 64.2 Å². The second kappa shape index (κ2) is 8.32. The first-order valence-electron chi connectivity index (χ1n) is 8.97. The van der Waals surface area contributed by atoms with Crippen LogP contribution in [0, 0.1) is 23.2 Å². The van der Waals surface area contributed by atoms with Gasteiger partial charge in [-0.2, -0.15) is 0 Å². The Labute approximate surface area is 122 Å². The van der Waals surface area contributed by atoms with Crippen molar-refractivity contribution in [2.45, 2.75) is 98.8 Å². The maximum Gasteiger partial charge on any atom is -0.0354 e. The van der Waals surface area contributed by atoms with E-state index in [1.807, 2.05) is 0 Å². The second-order valence-corrected chi connectivity index (χ2v) is 8.08. The topological polar surface area (TPSA) is 0 Å². The predicted molar refractivity (Wildman–Crippen MR) is 87.4 cm³/mol. The average molecular weight is 267 g/mol. The van der Waals surface area contributed by atoms with Gasteiger partial charge in [0.15, 0.2) is 0 Å². The molecule has 1 saturated carbocycles. The first-order chi connectivity index (χ1) is 8.97. The van der Waals surface area contributed by atoms with Crippen LogP contribution < -0.4 is 0 Å². The van der Waals surface area contributed by atoms with E-state index in [2.05, 4.69) is 34.6 Å². The zero-order valence-corrected chi connectivity index (χ0v) is 14.3. The quantitative estimate of drug-likeness (QED) is 0.473. The number of rotatable bonds is 7. The van der Waals surface area contributed by atoms with Gasteiger partial charge in [0, 0.05) is 0 Å². The van der Waals surface area contributed by atoms with Crippen LogP contribution in [-0.2, 0) is 0 Å². The Morgan fingerprint density at radius 1 is 0.947 bits per heavy atom. The fourth-order valence-corrected chi connectivity index (χ4v) is 3.97. The molecule has 1 aliphatic carbocycles. The van der Waals surface area contributed by atoms with Gasteiger partial charge in [-0.05, 0) is 36.0 Å². The van der Waals surface area contributed by atoms with Crippen LogP contribution in [0.15, 0.2) is 0 Å². The van der Waals surface area contributed by atoms with Crippen LogP contribution in [0.2, 0.25) is 0 Å². The summed E-state index contributed by atoms with van der Waals surface area (Å²) in [4.78, 5) is 0. The molecule has 0 amide bonds. The third-order valence-corrected chi connectivity index (χ3v) is 5.57. The largest absolute Gasteiger partial charge is 0.0654 e. The van der Waals surface area contributed by atoms with E-state index >= 15 is 0 Å². The van der Waals surface area contributed by atoms with Gasteiger partial charge in [0.2, 0.25) is 0 Å². The standard InChI is InChI=1S/C19H38/c1-6-9-16(7-2)10-8-11-17-12-14-18(15-13-17)19(3,4)5/h16-18H,6-15H2,1-5H3. The Hall–Kier alpha value is 0. The lowest BCUT2D eigenvalue weighted by Crippen LogP contribution is -2.25. The molecule has 19 heavy (non-hydrogen) atoms. The zero-order chi connectivity index (χ0) is 14.3. The molecule has 1 aliphatic rings. The molecule has 1 unspecified atom stereocenters. The van der Waals surface area contributed by atoms with Gasteiger partial charge in [-0.25, -0.2) is 0 Å². The highest BCUT2D eigenvalue weighted by Gasteiger charge is 2.29. The minimum absolute atomic E-state index is 0.541. The summed E-state index contributed by atoms with van der Waals surface area (Å²) >= 11 is 0. The summed E-state index contributed by atoms with van der Waals surface area (Å²) in [5.74, 6) is 3.04. The minimum atomic E-state index is 0.541. The van der Waals surface area contributed by atoms with Crippen molar-refractivity contribution in [3.8, 4) is 0 Å². The van der Waals surface area contributed by atoms with Gasteiger partial charge in [0.1, 0.15) is 0 Å². The van der Waals surface area contributed by atoms with E-state index in [1.54, 1.807) is 0 Å². The summed E-state index contributed by atoms with van der Waals surface area (Å²) in [6.45, 7) is 12.0. The van der Waals surface area contributed by atoms with Crippen LogP contribution in [-0.4, -0.2) is 0 Å². The lowest BCUT2D eigenvalue weighted by atomic mass is 9.69. The third kappa shape index (κ3) is 6.32. The summed E-state index contributed by atoms with van der Waals surface area (Å²) < 4.78 is 0. The van der Waals surface area contributed by atoms with Crippen molar-refractivity contribution in [1.82, 2.24) is 0 Å². The minimum Gasteiger partial charge on any atom is -0.0654 e. The summed E-state index contributed by atoms with van der Waals surface area (Å²) in [6, 6.07) is 0. The average Bonchev–Trinajstić information content (AvgIpc) is 2.37. The highest BCUT2D eigenvalue weighted by Crippen LogP contribution is 2.41. The number of hydrogen-bond donors (Lipinski definition) is 0. The van der Waals surface area contributed by atoms with Crippen LogP contribution >= 0.6 is 0 Å². The van der Waals surface area contributed by atoms with Gasteiger partial charge in [-0.15, -0.1) is 0 Å². The molecular weight excluding hydrogens is 228 g/mol. The van der Waals surface area contributed by atoms with E-state index in [4.69, 9.17) is 0 Å². The van der Waals surface area contributed by atoms with Crippen molar-refractivity contribution >= 4 is 0 Å². The van der Waals surface area contributed by atoms with Crippen molar-refractivity contribution in [3.05, 3.63) is 0 Å². The molecule has 1 fully saturated rings. The molecule has 0 aromatic heterocycles. The van der Waals surface area contributed by atoms with E-state index < -0.39 is 0 Å². The maximum atomic E-state index is 2.43. The van der Waals surface area contributed by atoms with E-state index in [0.29, 0.717) is 5.41 Å². The fourth-order valence-electron chi connectivity index (χ4n) is 3.97. The van der Waals surface area contributed by atoms with Gasteiger partial charge in [-0.3, -0.25) is 0 Å². The third-order valence-electron chi connectivity index (χ3n) is 5.57. The Bertz CT molecular complexity index is 215. The maximum absolute atomic E-state index is 2.43. The number of hydrogen-bond acceptors (Lipinski definition) is 0. The zero-order valence-electron chi connectivity index (χ0n) is 14.3. The van der Waals surface area contributed by atoms with Gasteiger partial charge >= 0.3 is 0 Å². The molecule has 0 bridgehead atoms. The molecule has 0 aliphatic heterocycles. The highest BCUT2D eigenvalue weighted by atomic mass is 14.3. The fraction of sp³-hybridized carbons (Fsp3) is 1.00. The normalized spacial score (nSPS) is 26.4. The van der Waals surface area contributed by atoms with Crippen molar-refractivity contribution in [2.24, 2.45) is 23.2 Å². The molecular formula is C19H38. The van der Waals surface area contributed by atoms with Gasteiger partial charge < -0.3 is 0 Å². The van der Waals surface area contributed by atoms with Crippen LogP contribution in [0.25, 0.3) is 0 Å². The summed E-state index contributed by atoms with van der Waals surface area (Å²) in [7, 11) is 0. The Kier molecular flexibility index (Phi) is 7.47. The summed E-state index contributed by atoms with van der Waals surface area (Å²) in [6.07, 6.45) is 14.7. The summed E-state index contributed by atoms with van der Waals surface area (Å²) in [5, 5.41) is 0. The van der Waals surface area contributed by atoms with Crippen molar-refractivity contribution < 1.29 is 0 Å². The molecule has 114 valence electrons. The lowest BCUT2D eigenvalue weighted by molar-refractivity contribution is 0.144. The van der Waals surface area contributed by atoms with E-state index in [9.17, 15) is 0 Å². The van der Waals surface area contributed by atoms with Gasteiger partial charge in [-0.1, -0.05) is 86.0 Å². The predicted octanol–water partition coefficient (Wildman–Crippen LogP) is 6.84. The van der Waals surface area contributed by atoms with Crippen molar-refractivity contribution in [1.29, 1.82) is 0 Å². The Morgan fingerprint density at radius 3 is 2.05 bits per heavy atom. The molecule has 0 spiro atoms. The smallest absolute Gasteiger partial charge is 0.0354 e. The highest BCUT2D eigenvalue weighted by molar-refractivity contribution is 4.80. The Balaban J connectivity index is 2.16.